The molecule has 0 aromatic heterocycles. The van der Waals surface area contributed by atoms with Crippen LogP contribution in [-0.4, -0.2) is 29.6 Å². The average molecular weight is 268 g/mol. The van der Waals surface area contributed by atoms with Crippen LogP contribution in [0.1, 0.15) is 85.0 Å². The molecule has 2 unspecified atom stereocenters. The van der Waals surface area contributed by atoms with Gasteiger partial charge in [0.25, 0.3) is 0 Å². The van der Waals surface area contributed by atoms with Crippen LogP contribution in [0.15, 0.2) is 0 Å². The number of hydrogen-bond acceptors (Lipinski definition) is 2. The summed E-state index contributed by atoms with van der Waals surface area (Å²) in [5, 5.41) is 0. The highest BCUT2D eigenvalue weighted by Gasteiger charge is 2.33. The van der Waals surface area contributed by atoms with Crippen molar-refractivity contribution in [2.24, 2.45) is 5.73 Å². The fraction of sp³-hybridized carbons (Fsp3) is 1.00. The maximum atomic E-state index is 6.15. The molecule has 1 aliphatic rings. The van der Waals surface area contributed by atoms with E-state index in [1.54, 1.807) is 0 Å². The van der Waals surface area contributed by atoms with Crippen LogP contribution >= 0.6 is 0 Å². The molecule has 2 nitrogen and oxygen atoms in total. The lowest BCUT2D eigenvalue weighted by atomic mass is 9.90. The fourth-order valence-electron chi connectivity index (χ4n) is 3.55. The second kappa shape index (κ2) is 8.97. The lowest BCUT2D eigenvalue weighted by Crippen LogP contribution is -2.55. The quantitative estimate of drug-likeness (QED) is 0.664. The van der Waals surface area contributed by atoms with Crippen LogP contribution in [0.3, 0.4) is 0 Å². The Morgan fingerprint density at radius 1 is 1.11 bits per heavy atom. The standard InChI is InChI=1S/C17H36N2/c1-4-5-6-7-10-13-17(3,15-18)19-14-11-8-9-12-16(19)2/h16H,4-15,18H2,1-3H3. The summed E-state index contributed by atoms with van der Waals surface area (Å²) in [4.78, 5) is 2.72. The van der Waals surface area contributed by atoms with E-state index >= 15 is 0 Å². The zero-order valence-electron chi connectivity index (χ0n) is 13.6. The van der Waals surface area contributed by atoms with Gasteiger partial charge >= 0.3 is 0 Å². The molecule has 0 aromatic carbocycles. The van der Waals surface area contributed by atoms with Crippen molar-refractivity contribution in [3.63, 3.8) is 0 Å². The molecule has 19 heavy (non-hydrogen) atoms. The smallest absolute Gasteiger partial charge is 0.0306 e. The van der Waals surface area contributed by atoms with E-state index in [0.29, 0.717) is 6.04 Å². The zero-order valence-corrected chi connectivity index (χ0v) is 13.6. The van der Waals surface area contributed by atoms with Gasteiger partial charge in [-0.15, -0.1) is 0 Å². The van der Waals surface area contributed by atoms with Crippen LogP contribution in [0.25, 0.3) is 0 Å². The van der Waals surface area contributed by atoms with Crippen molar-refractivity contribution >= 4 is 0 Å². The second-order valence-corrected chi connectivity index (χ2v) is 6.76. The number of hydrogen-bond donors (Lipinski definition) is 1. The first-order valence-electron chi connectivity index (χ1n) is 8.61. The first-order chi connectivity index (χ1) is 9.14. The summed E-state index contributed by atoms with van der Waals surface area (Å²) >= 11 is 0. The zero-order chi connectivity index (χ0) is 14.1. The lowest BCUT2D eigenvalue weighted by molar-refractivity contribution is 0.0618. The second-order valence-electron chi connectivity index (χ2n) is 6.76. The van der Waals surface area contributed by atoms with Crippen molar-refractivity contribution in [1.29, 1.82) is 0 Å². The minimum atomic E-state index is 0.232. The maximum Gasteiger partial charge on any atom is 0.0306 e. The highest BCUT2D eigenvalue weighted by molar-refractivity contribution is 4.91. The number of unbranched alkanes of at least 4 members (excludes halogenated alkanes) is 4. The molecule has 2 N–H and O–H groups in total. The van der Waals surface area contributed by atoms with Gasteiger partial charge < -0.3 is 5.73 Å². The van der Waals surface area contributed by atoms with Crippen LogP contribution < -0.4 is 5.73 Å². The molecular weight excluding hydrogens is 232 g/mol. The van der Waals surface area contributed by atoms with Crippen LogP contribution in [0, 0.1) is 0 Å². The van der Waals surface area contributed by atoms with Gasteiger partial charge in [0.05, 0.1) is 0 Å². The molecule has 0 bridgehead atoms. The van der Waals surface area contributed by atoms with Crippen molar-refractivity contribution in [3.05, 3.63) is 0 Å². The van der Waals surface area contributed by atoms with E-state index in [1.807, 2.05) is 0 Å². The first kappa shape index (κ1) is 17.0. The Balaban J connectivity index is 2.46. The van der Waals surface area contributed by atoms with Crippen molar-refractivity contribution in [2.45, 2.75) is 96.6 Å². The molecule has 0 radical (unpaired) electrons. The molecule has 1 saturated heterocycles. The highest BCUT2D eigenvalue weighted by atomic mass is 15.2. The number of nitrogens with two attached hydrogens (primary N) is 1. The highest BCUT2D eigenvalue weighted by Crippen LogP contribution is 2.29. The molecule has 1 aliphatic heterocycles. The van der Waals surface area contributed by atoms with E-state index in [4.69, 9.17) is 5.73 Å². The molecule has 114 valence electrons. The fourth-order valence-corrected chi connectivity index (χ4v) is 3.55. The van der Waals surface area contributed by atoms with Gasteiger partial charge in [0.2, 0.25) is 0 Å². The predicted molar refractivity (Wildman–Crippen MR) is 85.5 cm³/mol. The van der Waals surface area contributed by atoms with Gasteiger partial charge in [-0.1, -0.05) is 51.9 Å². The third kappa shape index (κ3) is 5.43. The molecule has 0 spiro atoms. The summed E-state index contributed by atoms with van der Waals surface area (Å²) in [6.45, 7) is 9.14. The predicted octanol–water partition coefficient (Wildman–Crippen LogP) is 4.33. The normalized spacial score (nSPS) is 24.9. The monoisotopic (exact) mass is 268 g/mol. The van der Waals surface area contributed by atoms with E-state index in [9.17, 15) is 0 Å². The summed E-state index contributed by atoms with van der Waals surface area (Å²) in [5.41, 5.74) is 6.38. The van der Waals surface area contributed by atoms with Gasteiger partial charge in [-0.3, -0.25) is 4.90 Å². The summed E-state index contributed by atoms with van der Waals surface area (Å²) in [6, 6.07) is 0.715. The molecule has 0 aromatic rings. The number of nitrogens with zero attached hydrogens (tertiary/aromatic N) is 1. The topological polar surface area (TPSA) is 29.3 Å². The lowest BCUT2D eigenvalue weighted by Gasteiger charge is -2.44. The van der Waals surface area contributed by atoms with E-state index in [-0.39, 0.29) is 5.54 Å². The Labute approximate surface area is 121 Å². The number of rotatable bonds is 8. The summed E-state index contributed by atoms with van der Waals surface area (Å²) < 4.78 is 0. The minimum absolute atomic E-state index is 0.232. The van der Waals surface area contributed by atoms with Crippen molar-refractivity contribution < 1.29 is 0 Å². The Hall–Kier alpha value is -0.0800. The molecule has 0 aliphatic carbocycles. The molecule has 2 atom stereocenters. The Kier molecular flexibility index (Phi) is 8.01. The van der Waals surface area contributed by atoms with Crippen molar-refractivity contribution in [3.8, 4) is 0 Å². The molecule has 0 saturated carbocycles. The van der Waals surface area contributed by atoms with Crippen LogP contribution in [0.2, 0.25) is 0 Å². The molecule has 1 rings (SSSR count). The summed E-state index contributed by atoms with van der Waals surface area (Å²) in [6.07, 6.45) is 13.6. The molecular formula is C17H36N2. The Bertz CT molecular complexity index is 229. The van der Waals surface area contributed by atoms with Gasteiger partial charge in [0.1, 0.15) is 0 Å². The average Bonchev–Trinajstić information content (AvgIpc) is 2.63. The van der Waals surface area contributed by atoms with Crippen molar-refractivity contribution in [1.82, 2.24) is 4.90 Å². The van der Waals surface area contributed by atoms with Crippen LogP contribution in [0.4, 0.5) is 0 Å². The van der Waals surface area contributed by atoms with Gasteiger partial charge in [0, 0.05) is 18.1 Å². The van der Waals surface area contributed by atoms with E-state index in [0.717, 1.165) is 6.54 Å². The molecule has 2 heteroatoms. The number of likely N-dealkylation sites (tertiary alicyclic amines) is 1. The van der Waals surface area contributed by atoms with E-state index < -0.39 is 0 Å². The van der Waals surface area contributed by atoms with Gasteiger partial charge in [0.15, 0.2) is 0 Å². The third-order valence-corrected chi connectivity index (χ3v) is 5.01. The van der Waals surface area contributed by atoms with Gasteiger partial charge in [-0.05, 0) is 39.7 Å². The Morgan fingerprint density at radius 3 is 2.53 bits per heavy atom. The molecule has 1 fully saturated rings. The van der Waals surface area contributed by atoms with Crippen molar-refractivity contribution in [2.75, 3.05) is 13.1 Å². The first-order valence-corrected chi connectivity index (χ1v) is 8.61. The molecule has 0 amide bonds. The van der Waals surface area contributed by atoms with Crippen LogP contribution in [0.5, 0.6) is 0 Å². The minimum Gasteiger partial charge on any atom is -0.329 e. The largest absolute Gasteiger partial charge is 0.329 e. The van der Waals surface area contributed by atoms with E-state index in [1.165, 1.54) is 70.8 Å². The van der Waals surface area contributed by atoms with Gasteiger partial charge in [-0.25, -0.2) is 0 Å². The van der Waals surface area contributed by atoms with Crippen LogP contribution in [-0.2, 0) is 0 Å². The van der Waals surface area contributed by atoms with Gasteiger partial charge in [-0.2, -0.15) is 0 Å². The Morgan fingerprint density at radius 2 is 1.84 bits per heavy atom. The summed E-state index contributed by atoms with van der Waals surface area (Å²) in [7, 11) is 0. The summed E-state index contributed by atoms with van der Waals surface area (Å²) in [5.74, 6) is 0. The SMILES string of the molecule is CCCCCCCC(C)(CN)N1CCCCCC1C. The maximum absolute atomic E-state index is 6.15. The third-order valence-electron chi connectivity index (χ3n) is 5.01. The van der Waals surface area contributed by atoms with E-state index in [2.05, 4.69) is 25.7 Å². The molecule has 1 heterocycles.